The Balaban J connectivity index is 1.85. The second-order valence-electron chi connectivity index (χ2n) is 6.20. The molecule has 1 aromatic rings. The summed E-state index contributed by atoms with van der Waals surface area (Å²) in [6, 6.07) is 1.94. The minimum Gasteiger partial charge on any atom is -0.487 e. The van der Waals surface area contributed by atoms with Crippen molar-refractivity contribution in [2.24, 2.45) is 0 Å². The van der Waals surface area contributed by atoms with Crippen molar-refractivity contribution in [3.05, 3.63) is 15.3 Å². The van der Waals surface area contributed by atoms with Crippen LogP contribution in [0.15, 0.2) is 15.3 Å². The quantitative estimate of drug-likeness (QED) is 0.559. The van der Waals surface area contributed by atoms with Gasteiger partial charge in [-0.1, -0.05) is 0 Å². The van der Waals surface area contributed by atoms with Crippen LogP contribution in [0.4, 0.5) is 10.5 Å². The van der Waals surface area contributed by atoms with Gasteiger partial charge in [-0.3, -0.25) is 0 Å². The van der Waals surface area contributed by atoms with Gasteiger partial charge >= 0.3 is 6.09 Å². The van der Waals surface area contributed by atoms with Crippen LogP contribution in [0.5, 0.6) is 5.75 Å². The number of anilines is 1. The van der Waals surface area contributed by atoms with Gasteiger partial charge in [0.15, 0.2) is 10.4 Å². The Morgan fingerprint density at radius 3 is 2.91 bits per heavy atom. The molecular weight excluding hydrogens is 430 g/mol. The molecule has 0 fully saturated rings. The monoisotopic (exact) mass is 449 g/mol. The first-order valence-electron chi connectivity index (χ1n) is 7.47. The molecule has 1 amide bonds. The minimum absolute atomic E-state index is 0.380. The molecule has 2 rings (SSSR count). The number of halogens is 2. The van der Waals surface area contributed by atoms with Crippen LogP contribution in [-0.4, -0.2) is 42.9 Å². The highest BCUT2D eigenvalue weighted by molar-refractivity contribution is 9.11. The molecule has 0 aliphatic carbocycles. The van der Waals surface area contributed by atoms with Crippen LogP contribution in [0.2, 0.25) is 0 Å². The molecule has 0 saturated carbocycles. The average Bonchev–Trinajstić information content (AvgIpc) is 2.42. The van der Waals surface area contributed by atoms with Crippen molar-refractivity contribution >= 4 is 43.6 Å². The number of fused-ring (bicyclic) bond motifs is 1. The summed E-state index contributed by atoms with van der Waals surface area (Å²) in [7, 11) is 0. The highest BCUT2D eigenvalue weighted by Gasteiger charge is 2.22. The van der Waals surface area contributed by atoms with Crippen molar-refractivity contribution in [1.29, 1.82) is 0 Å². The van der Waals surface area contributed by atoms with E-state index in [0.717, 1.165) is 35.6 Å². The summed E-state index contributed by atoms with van der Waals surface area (Å²) in [5.41, 5.74) is 0.529. The van der Waals surface area contributed by atoms with Crippen molar-refractivity contribution in [3.8, 4) is 5.75 Å². The maximum atomic E-state index is 11.6. The van der Waals surface area contributed by atoms with E-state index in [9.17, 15) is 4.79 Å². The smallest absolute Gasteiger partial charge is 0.407 e. The first kappa shape index (κ1) is 18.3. The number of rotatable bonds is 4. The topological polar surface area (TPSA) is 63.7 Å². The molecule has 0 radical (unpaired) electrons. The van der Waals surface area contributed by atoms with Gasteiger partial charge in [-0.2, -0.15) is 0 Å². The highest BCUT2D eigenvalue weighted by Crippen LogP contribution is 2.38. The third-order valence-corrected chi connectivity index (χ3v) is 4.05. The number of alkyl carbamates (subject to hydrolysis) is 1. The van der Waals surface area contributed by atoms with E-state index in [0.29, 0.717) is 17.8 Å². The molecule has 1 aliphatic heterocycles. The minimum atomic E-state index is -0.473. The molecule has 2 heterocycles. The fourth-order valence-corrected chi connectivity index (χ4v) is 3.36. The predicted octanol–water partition coefficient (Wildman–Crippen LogP) is 3.72. The van der Waals surface area contributed by atoms with E-state index >= 15 is 0 Å². The van der Waals surface area contributed by atoms with E-state index < -0.39 is 5.60 Å². The van der Waals surface area contributed by atoms with Crippen molar-refractivity contribution < 1.29 is 14.3 Å². The summed E-state index contributed by atoms with van der Waals surface area (Å²) < 4.78 is 12.3. The van der Waals surface area contributed by atoms with Crippen LogP contribution in [0, 0.1) is 0 Å². The maximum Gasteiger partial charge on any atom is 0.407 e. The van der Waals surface area contributed by atoms with E-state index in [2.05, 4.69) is 47.1 Å². The molecule has 0 unspecified atom stereocenters. The number of hydrogen-bond acceptors (Lipinski definition) is 5. The van der Waals surface area contributed by atoms with Gasteiger partial charge in [0.1, 0.15) is 16.8 Å². The van der Waals surface area contributed by atoms with Gasteiger partial charge in [-0.15, -0.1) is 0 Å². The fourth-order valence-electron chi connectivity index (χ4n) is 2.21. The van der Waals surface area contributed by atoms with Gasteiger partial charge in [-0.25, -0.2) is 9.78 Å². The normalized spacial score (nSPS) is 14.0. The number of hydrogen-bond donors (Lipinski definition) is 1. The van der Waals surface area contributed by atoms with Crippen molar-refractivity contribution in [2.45, 2.75) is 32.8 Å². The summed E-state index contributed by atoms with van der Waals surface area (Å²) in [4.78, 5) is 18.1. The summed E-state index contributed by atoms with van der Waals surface area (Å²) in [6.07, 6.45) is 0.436. The molecule has 0 bridgehead atoms. The number of nitrogens with zero attached hydrogens (tertiary/aromatic N) is 2. The van der Waals surface area contributed by atoms with Gasteiger partial charge in [0.05, 0.1) is 12.2 Å². The zero-order valence-corrected chi connectivity index (χ0v) is 16.7. The lowest BCUT2D eigenvalue weighted by atomic mass is 10.2. The number of ether oxygens (including phenoxy) is 2. The third-order valence-electron chi connectivity index (χ3n) is 3.10. The number of carbonyl (C=O) groups is 1. The molecule has 0 saturated heterocycles. The number of carbonyl (C=O) groups excluding carboxylic acids is 1. The number of nitrogens with one attached hydrogen (secondary N) is 1. The van der Waals surface area contributed by atoms with Crippen LogP contribution < -0.4 is 15.0 Å². The summed E-state index contributed by atoms with van der Waals surface area (Å²) in [6.45, 7) is 8.35. The Morgan fingerprint density at radius 2 is 2.22 bits per heavy atom. The fraction of sp³-hybridized carbons (Fsp3) is 0.600. The van der Waals surface area contributed by atoms with Gasteiger partial charge in [0.25, 0.3) is 0 Å². The van der Waals surface area contributed by atoms with Crippen molar-refractivity contribution in [3.63, 3.8) is 0 Å². The largest absolute Gasteiger partial charge is 0.487 e. The van der Waals surface area contributed by atoms with E-state index in [1.807, 2.05) is 26.8 Å². The molecule has 0 atom stereocenters. The van der Waals surface area contributed by atoms with E-state index in [1.54, 1.807) is 0 Å². The molecule has 23 heavy (non-hydrogen) atoms. The van der Waals surface area contributed by atoms with Crippen LogP contribution in [0.1, 0.15) is 27.2 Å². The lowest BCUT2D eigenvalue weighted by Crippen LogP contribution is -2.37. The Bertz CT molecular complexity index is 576. The summed E-state index contributed by atoms with van der Waals surface area (Å²) in [5.74, 6) is 0.763. The van der Waals surface area contributed by atoms with E-state index in [-0.39, 0.29) is 6.09 Å². The first-order valence-corrected chi connectivity index (χ1v) is 9.05. The molecular formula is C15H21Br2N3O3. The predicted molar refractivity (Wildman–Crippen MR) is 96.2 cm³/mol. The number of pyridine rings is 1. The van der Waals surface area contributed by atoms with Crippen LogP contribution >= 0.6 is 31.9 Å². The molecule has 6 nitrogen and oxygen atoms in total. The zero-order valence-electron chi connectivity index (χ0n) is 13.5. The molecule has 8 heteroatoms. The number of amides is 1. The second-order valence-corrected chi connectivity index (χ2v) is 7.77. The van der Waals surface area contributed by atoms with Gasteiger partial charge < -0.3 is 19.7 Å². The standard InChI is InChI=1S/C15H21Br2N3O3/c1-15(2,3)23-14(21)18-5-4-6-20-7-8-22-12-10(20)9-11(16)19-13(12)17/h9H,4-8H2,1-3H3,(H,18,21). The molecule has 128 valence electrons. The zero-order chi connectivity index (χ0) is 17.0. The SMILES string of the molecule is CC(C)(C)OC(=O)NCCCN1CCOc2c1cc(Br)nc2Br. The average molecular weight is 451 g/mol. The summed E-state index contributed by atoms with van der Waals surface area (Å²) >= 11 is 6.82. The van der Waals surface area contributed by atoms with Crippen molar-refractivity contribution in [1.82, 2.24) is 10.3 Å². The Labute approximate surface area is 153 Å². The molecule has 1 aromatic heterocycles. The van der Waals surface area contributed by atoms with Crippen LogP contribution in [-0.2, 0) is 4.74 Å². The van der Waals surface area contributed by atoms with Crippen molar-refractivity contribution in [2.75, 3.05) is 31.1 Å². The molecule has 1 N–H and O–H groups in total. The highest BCUT2D eigenvalue weighted by atomic mass is 79.9. The van der Waals surface area contributed by atoms with Gasteiger partial charge in [0, 0.05) is 13.1 Å². The third kappa shape index (κ3) is 5.53. The molecule has 0 spiro atoms. The Morgan fingerprint density at radius 1 is 1.48 bits per heavy atom. The lowest BCUT2D eigenvalue weighted by Gasteiger charge is -2.31. The lowest BCUT2D eigenvalue weighted by molar-refractivity contribution is 0.0527. The summed E-state index contributed by atoms with van der Waals surface area (Å²) in [5, 5.41) is 2.78. The number of aromatic nitrogens is 1. The van der Waals surface area contributed by atoms with Gasteiger partial charge in [0.2, 0.25) is 0 Å². The Hall–Kier alpha value is -1.02. The second kappa shape index (κ2) is 7.70. The molecule has 0 aromatic carbocycles. The Kier molecular flexibility index (Phi) is 6.13. The molecule has 1 aliphatic rings. The van der Waals surface area contributed by atoms with Crippen LogP contribution in [0.25, 0.3) is 0 Å². The van der Waals surface area contributed by atoms with E-state index in [4.69, 9.17) is 9.47 Å². The maximum absolute atomic E-state index is 11.6. The first-order chi connectivity index (χ1) is 10.8. The van der Waals surface area contributed by atoms with Gasteiger partial charge in [-0.05, 0) is 65.1 Å². The van der Waals surface area contributed by atoms with E-state index in [1.165, 1.54) is 0 Å². The van der Waals surface area contributed by atoms with Crippen LogP contribution in [0.3, 0.4) is 0 Å².